The summed E-state index contributed by atoms with van der Waals surface area (Å²) in [6.07, 6.45) is -1.04. The Morgan fingerprint density at radius 1 is 1.19 bits per heavy atom. The summed E-state index contributed by atoms with van der Waals surface area (Å²) < 4.78 is 31.7. The molecule has 2 aromatic carbocycles. The molecule has 0 aromatic heterocycles. The van der Waals surface area contributed by atoms with Crippen LogP contribution in [0.3, 0.4) is 0 Å². The SMILES string of the molecule is CCS(=O)(=O)N1C[C@@H](C(=O)Nc2ccc(C(=O)O)cc2)Oc2ccccc21. The van der Waals surface area contributed by atoms with E-state index in [0.29, 0.717) is 17.1 Å². The Morgan fingerprint density at radius 3 is 2.48 bits per heavy atom. The van der Waals surface area contributed by atoms with Crippen molar-refractivity contribution in [3.63, 3.8) is 0 Å². The van der Waals surface area contributed by atoms with Crippen LogP contribution in [0.4, 0.5) is 11.4 Å². The van der Waals surface area contributed by atoms with Gasteiger partial charge in [0.05, 0.1) is 23.5 Å². The van der Waals surface area contributed by atoms with Crippen molar-refractivity contribution in [2.75, 3.05) is 21.9 Å². The number of fused-ring (bicyclic) bond motifs is 1. The molecule has 0 saturated heterocycles. The molecule has 3 rings (SSSR count). The Hall–Kier alpha value is -3.07. The van der Waals surface area contributed by atoms with Gasteiger partial charge in [0.2, 0.25) is 10.0 Å². The number of amides is 1. The molecule has 0 radical (unpaired) electrons. The van der Waals surface area contributed by atoms with Gasteiger partial charge in [0.1, 0.15) is 5.75 Å². The number of rotatable bonds is 5. The molecule has 9 heteroatoms. The topological polar surface area (TPSA) is 113 Å². The summed E-state index contributed by atoms with van der Waals surface area (Å²) >= 11 is 0. The average molecular weight is 390 g/mol. The Morgan fingerprint density at radius 2 is 1.85 bits per heavy atom. The largest absolute Gasteiger partial charge is 0.478 e. The maximum Gasteiger partial charge on any atom is 0.335 e. The highest BCUT2D eigenvalue weighted by molar-refractivity contribution is 7.92. The highest BCUT2D eigenvalue weighted by atomic mass is 32.2. The molecule has 142 valence electrons. The second-order valence-corrected chi connectivity index (χ2v) is 8.06. The van der Waals surface area contributed by atoms with E-state index in [1.165, 1.54) is 35.5 Å². The lowest BCUT2D eigenvalue weighted by molar-refractivity contribution is -0.122. The second kappa shape index (κ2) is 7.28. The van der Waals surface area contributed by atoms with Crippen LogP contribution in [-0.4, -0.2) is 43.8 Å². The summed E-state index contributed by atoms with van der Waals surface area (Å²) in [5.41, 5.74) is 0.877. The van der Waals surface area contributed by atoms with E-state index in [4.69, 9.17) is 9.84 Å². The molecule has 1 atom stereocenters. The number of sulfonamides is 1. The first-order valence-corrected chi connectivity index (χ1v) is 9.83. The summed E-state index contributed by atoms with van der Waals surface area (Å²) in [5.74, 6) is -1.39. The average Bonchev–Trinajstić information content (AvgIpc) is 2.67. The third-order valence-corrected chi connectivity index (χ3v) is 5.87. The minimum absolute atomic E-state index is 0.0936. The molecule has 0 aliphatic carbocycles. The van der Waals surface area contributed by atoms with Crippen LogP contribution in [0, 0.1) is 0 Å². The minimum Gasteiger partial charge on any atom is -0.478 e. The van der Waals surface area contributed by atoms with Gasteiger partial charge in [-0.2, -0.15) is 0 Å². The van der Waals surface area contributed by atoms with Crippen LogP contribution in [0.2, 0.25) is 0 Å². The van der Waals surface area contributed by atoms with Gasteiger partial charge in [-0.25, -0.2) is 13.2 Å². The van der Waals surface area contributed by atoms with Crippen LogP contribution in [0.1, 0.15) is 17.3 Å². The predicted molar refractivity (Wildman–Crippen MR) is 99.7 cm³/mol. The minimum atomic E-state index is -3.58. The number of hydrogen-bond donors (Lipinski definition) is 2. The number of aromatic carboxylic acids is 1. The Bertz CT molecular complexity index is 972. The van der Waals surface area contributed by atoms with Crippen molar-refractivity contribution in [1.82, 2.24) is 0 Å². The number of ether oxygens (including phenoxy) is 1. The van der Waals surface area contributed by atoms with Crippen molar-refractivity contribution in [2.45, 2.75) is 13.0 Å². The van der Waals surface area contributed by atoms with Crippen molar-refractivity contribution in [3.8, 4) is 5.75 Å². The van der Waals surface area contributed by atoms with Crippen molar-refractivity contribution in [2.24, 2.45) is 0 Å². The fourth-order valence-corrected chi connectivity index (χ4v) is 3.80. The highest BCUT2D eigenvalue weighted by Crippen LogP contribution is 2.35. The Kier molecular flexibility index (Phi) is 5.04. The summed E-state index contributed by atoms with van der Waals surface area (Å²) in [6, 6.07) is 12.3. The maximum absolute atomic E-state index is 12.6. The predicted octanol–water partition coefficient (Wildman–Crippen LogP) is 1.94. The number of nitrogens with one attached hydrogen (secondary N) is 1. The number of anilines is 2. The zero-order valence-corrected chi connectivity index (χ0v) is 15.3. The van der Waals surface area contributed by atoms with E-state index in [9.17, 15) is 18.0 Å². The zero-order chi connectivity index (χ0) is 19.6. The first-order chi connectivity index (χ1) is 12.8. The Labute approximate surface area is 156 Å². The van der Waals surface area contributed by atoms with Crippen LogP contribution in [-0.2, 0) is 14.8 Å². The quantitative estimate of drug-likeness (QED) is 0.807. The highest BCUT2D eigenvalue weighted by Gasteiger charge is 2.35. The van der Waals surface area contributed by atoms with Crippen LogP contribution in [0.25, 0.3) is 0 Å². The number of benzene rings is 2. The van der Waals surface area contributed by atoms with E-state index in [1.54, 1.807) is 24.3 Å². The summed E-state index contributed by atoms with van der Waals surface area (Å²) in [7, 11) is -3.58. The lowest BCUT2D eigenvalue weighted by Crippen LogP contribution is -2.49. The summed E-state index contributed by atoms with van der Waals surface area (Å²) in [4.78, 5) is 23.5. The number of carbonyl (C=O) groups excluding carboxylic acids is 1. The van der Waals surface area contributed by atoms with E-state index >= 15 is 0 Å². The van der Waals surface area contributed by atoms with E-state index in [1.807, 2.05) is 0 Å². The lowest BCUT2D eigenvalue weighted by Gasteiger charge is -2.34. The molecule has 2 aromatic rings. The molecule has 0 spiro atoms. The van der Waals surface area contributed by atoms with E-state index in [0.717, 1.165) is 0 Å². The first-order valence-electron chi connectivity index (χ1n) is 8.22. The van der Waals surface area contributed by atoms with E-state index < -0.39 is 28.0 Å². The molecule has 0 fully saturated rings. The van der Waals surface area contributed by atoms with Crippen molar-refractivity contribution < 1.29 is 27.9 Å². The third kappa shape index (κ3) is 3.87. The second-order valence-electron chi connectivity index (χ2n) is 5.88. The van der Waals surface area contributed by atoms with Gasteiger partial charge < -0.3 is 15.2 Å². The number of hydrogen-bond acceptors (Lipinski definition) is 5. The van der Waals surface area contributed by atoms with Gasteiger partial charge in [-0.15, -0.1) is 0 Å². The molecule has 0 bridgehead atoms. The van der Waals surface area contributed by atoms with Crippen LogP contribution in [0.15, 0.2) is 48.5 Å². The molecule has 0 unspecified atom stereocenters. The zero-order valence-electron chi connectivity index (χ0n) is 14.5. The number of para-hydroxylation sites is 2. The molecule has 1 aliphatic rings. The first kappa shape index (κ1) is 18.7. The van der Waals surface area contributed by atoms with Crippen LogP contribution < -0.4 is 14.4 Å². The lowest BCUT2D eigenvalue weighted by atomic mass is 10.2. The van der Waals surface area contributed by atoms with Crippen molar-refractivity contribution in [1.29, 1.82) is 0 Å². The molecule has 0 saturated carbocycles. The van der Waals surface area contributed by atoms with Gasteiger partial charge in [0.15, 0.2) is 6.10 Å². The van der Waals surface area contributed by atoms with Crippen LogP contribution in [0.5, 0.6) is 5.75 Å². The smallest absolute Gasteiger partial charge is 0.335 e. The number of carboxylic acids is 1. The third-order valence-electron chi connectivity index (χ3n) is 4.13. The molecule has 8 nitrogen and oxygen atoms in total. The number of carbonyl (C=O) groups is 2. The van der Waals surface area contributed by atoms with E-state index in [2.05, 4.69) is 5.32 Å². The molecule has 2 N–H and O–H groups in total. The van der Waals surface area contributed by atoms with Gasteiger partial charge >= 0.3 is 5.97 Å². The molecule has 27 heavy (non-hydrogen) atoms. The van der Waals surface area contributed by atoms with Gasteiger partial charge in [0.25, 0.3) is 5.91 Å². The van der Waals surface area contributed by atoms with Gasteiger partial charge in [-0.1, -0.05) is 12.1 Å². The van der Waals surface area contributed by atoms with Gasteiger partial charge in [-0.3, -0.25) is 9.10 Å². The van der Waals surface area contributed by atoms with Gasteiger partial charge in [-0.05, 0) is 43.3 Å². The normalized spacial score (nSPS) is 16.2. The van der Waals surface area contributed by atoms with Gasteiger partial charge in [0, 0.05) is 5.69 Å². The summed E-state index contributed by atoms with van der Waals surface area (Å²) in [5, 5.41) is 11.5. The molecular weight excluding hydrogens is 372 g/mol. The van der Waals surface area contributed by atoms with E-state index in [-0.39, 0.29) is 17.9 Å². The molecular formula is C18H18N2O6S. The van der Waals surface area contributed by atoms with Crippen molar-refractivity contribution >= 4 is 33.3 Å². The van der Waals surface area contributed by atoms with Crippen LogP contribution >= 0.6 is 0 Å². The monoisotopic (exact) mass is 390 g/mol. The number of carboxylic acid groups (broad SMARTS) is 1. The summed E-state index contributed by atoms with van der Waals surface area (Å²) in [6.45, 7) is 1.39. The molecule has 1 heterocycles. The van der Waals surface area contributed by atoms with Crippen molar-refractivity contribution in [3.05, 3.63) is 54.1 Å². The fourth-order valence-electron chi connectivity index (χ4n) is 2.68. The Balaban J connectivity index is 1.82. The maximum atomic E-state index is 12.6. The number of nitrogens with zero attached hydrogens (tertiary/aromatic N) is 1. The standard InChI is InChI=1S/C18H18N2O6S/c1-2-27(24,25)20-11-16(26-15-6-4-3-5-14(15)20)17(21)19-13-9-7-12(8-10-13)18(22)23/h3-10,16H,2,11H2,1H3,(H,19,21)(H,22,23)/t16-/m0/s1. The fraction of sp³-hybridized carbons (Fsp3) is 0.222. The molecule has 1 aliphatic heterocycles. The molecule has 1 amide bonds.